The Kier molecular flexibility index (Phi) is 34.9. The second-order valence-electron chi connectivity index (χ2n) is 13.0. The molecule has 1 amide bonds. The molecule has 0 aromatic heterocycles. The highest BCUT2D eigenvalue weighted by Crippen LogP contribution is 2.14. The fourth-order valence-corrected chi connectivity index (χ4v) is 5.62. The maximum Gasteiger partial charge on any atom is 0.220 e. The standard InChI is InChI=1S/C40H75NO3/c1-3-5-7-9-11-13-15-17-19-20-21-22-23-25-27-29-31-33-35-39(43)38(37-42)41-40(44)36-34-32-30-28-26-24-18-16-14-12-10-8-6-4-2/h20-21,25,27,33,35,38-39,42-43H,3-19,22-24,26,28-32,34,36-37H2,1-2H3,(H,41,44)/b21-20+,27-25+,35-33+. The van der Waals surface area contributed by atoms with Crippen LogP contribution in [0.15, 0.2) is 36.5 Å². The van der Waals surface area contributed by atoms with Crippen molar-refractivity contribution in [2.75, 3.05) is 6.61 Å². The Morgan fingerprint density at radius 3 is 1.32 bits per heavy atom. The number of hydrogen-bond donors (Lipinski definition) is 3. The molecule has 3 N–H and O–H groups in total. The molecule has 0 aromatic carbocycles. The molecular formula is C40H75NO3. The van der Waals surface area contributed by atoms with Gasteiger partial charge < -0.3 is 15.5 Å². The third kappa shape index (κ3) is 32.0. The van der Waals surface area contributed by atoms with E-state index in [0.29, 0.717) is 6.42 Å². The summed E-state index contributed by atoms with van der Waals surface area (Å²) in [6.45, 7) is 4.28. The molecule has 0 spiro atoms. The second-order valence-corrected chi connectivity index (χ2v) is 13.0. The number of carbonyl (C=O) groups is 1. The van der Waals surface area contributed by atoms with E-state index in [1.807, 2.05) is 6.08 Å². The molecule has 0 aliphatic carbocycles. The molecule has 0 aliphatic heterocycles. The summed E-state index contributed by atoms with van der Waals surface area (Å²) in [5.41, 5.74) is 0. The molecule has 2 unspecified atom stereocenters. The minimum atomic E-state index is -0.865. The van der Waals surface area contributed by atoms with Crippen molar-refractivity contribution >= 4 is 5.91 Å². The van der Waals surface area contributed by atoms with Crippen LogP contribution >= 0.6 is 0 Å². The van der Waals surface area contributed by atoms with Crippen molar-refractivity contribution in [2.24, 2.45) is 0 Å². The average molecular weight is 618 g/mol. The van der Waals surface area contributed by atoms with E-state index in [1.54, 1.807) is 6.08 Å². The molecule has 4 nitrogen and oxygen atoms in total. The molecule has 0 aliphatic rings. The molecule has 0 saturated carbocycles. The van der Waals surface area contributed by atoms with Gasteiger partial charge in [-0.2, -0.15) is 0 Å². The molecule has 0 radical (unpaired) electrons. The summed E-state index contributed by atoms with van der Waals surface area (Å²) < 4.78 is 0. The first-order valence-corrected chi connectivity index (χ1v) is 19.2. The van der Waals surface area contributed by atoms with Gasteiger partial charge >= 0.3 is 0 Å². The normalized spacial score (nSPS) is 13.5. The van der Waals surface area contributed by atoms with Crippen LogP contribution in [0.4, 0.5) is 0 Å². The Labute approximate surface area is 274 Å². The van der Waals surface area contributed by atoms with Crippen LogP contribution in [0, 0.1) is 0 Å². The summed E-state index contributed by atoms with van der Waals surface area (Å²) in [6.07, 6.45) is 46.6. The van der Waals surface area contributed by atoms with Crippen LogP contribution < -0.4 is 5.32 Å². The first kappa shape index (κ1) is 42.6. The van der Waals surface area contributed by atoms with Gasteiger partial charge in [0.25, 0.3) is 0 Å². The molecule has 0 aromatic rings. The van der Waals surface area contributed by atoms with Gasteiger partial charge in [-0.1, -0.05) is 179 Å². The Bertz CT molecular complexity index is 672. The lowest BCUT2D eigenvalue weighted by atomic mass is 10.0. The predicted molar refractivity (Wildman–Crippen MR) is 193 cm³/mol. The van der Waals surface area contributed by atoms with E-state index in [0.717, 1.165) is 38.5 Å². The van der Waals surface area contributed by atoms with Crippen molar-refractivity contribution in [3.8, 4) is 0 Å². The first-order valence-electron chi connectivity index (χ1n) is 19.2. The maximum absolute atomic E-state index is 12.3. The number of aliphatic hydroxyl groups is 2. The number of hydrogen-bond acceptors (Lipinski definition) is 3. The molecule has 0 saturated heterocycles. The van der Waals surface area contributed by atoms with E-state index in [2.05, 4.69) is 43.5 Å². The largest absolute Gasteiger partial charge is 0.394 e. The summed E-state index contributed by atoms with van der Waals surface area (Å²) in [5, 5.41) is 22.9. The molecule has 258 valence electrons. The van der Waals surface area contributed by atoms with Crippen LogP contribution in [-0.2, 0) is 4.79 Å². The van der Waals surface area contributed by atoms with E-state index in [4.69, 9.17) is 0 Å². The van der Waals surface area contributed by atoms with Gasteiger partial charge in [-0.15, -0.1) is 0 Å². The number of aliphatic hydroxyl groups excluding tert-OH is 2. The van der Waals surface area contributed by atoms with Crippen molar-refractivity contribution < 1.29 is 15.0 Å². The van der Waals surface area contributed by atoms with Crippen molar-refractivity contribution in [1.82, 2.24) is 5.32 Å². The van der Waals surface area contributed by atoms with Crippen LogP contribution in [0.5, 0.6) is 0 Å². The molecule has 0 bridgehead atoms. The Morgan fingerprint density at radius 2 is 0.886 bits per heavy atom. The number of amides is 1. The quantitative estimate of drug-likeness (QED) is 0.0497. The molecular weight excluding hydrogens is 542 g/mol. The summed E-state index contributed by atoms with van der Waals surface area (Å²) in [5.74, 6) is -0.0785. The topological polar surface area (TPSA) is 69.6 Å². The Balaban J connectivity index is 3.69. The van der Waals surface area contributed by atoms with E-state index < -0.39 is 12.1 Å². The van der Waals surface area contributed by atoms with Crippen LogP contribution in [0.2, 0.25) is 0 Å². The average Bonchev–Trinajstić information content (AvgIpc) is 3.03. The van der Waals surface area contributed by atoms with E-state index in [-0.39, 0.29) is 12.5 Å². The smallest absolute Gasteiger partial charge is 0.220 e. The van der Waals surface area contributed by atoms with Gasteiger partial charge in [0.2, 0.25) is 5.91 Å². The van der Waals surface area contributed by atoms with Crippen molar-refractivity contribution in [3.63, 3.8) is 0 Å². The maximum atomic E-state index is 12.3. The molecule has 0 heterocycles. The van der Waals surface area contributed by atoms with E-state index in [9.17, 15) is 15.0 Å². The minimum absolute atomic E-state index is 0.0785. The number of carbonyl (C=O) groups excluding carboxylic acids is 1. The fourth-order valence-electron chi connectivity index (χ4n) is 5.62. The van der Waals surface area contributed by atoms with Gasteiger partial charge in [0.05, 0.1) is 18.8 Å². The summed E-state index contributed by atoms with van der Waals surface area (Å²) in [4.78, 5) is 12.3. The third-order valence-electron chi connectivity index (χ3n) is 8.60. The third-order valence-corrected chi connectivity index (χ3v) is 8.60. The number of nitrogens with one attached hydrogen (secondary N) is 1. The first-order chi connectivity index (χ1) is 21.7. The number of allylic oxidation sites excluding steroid dienone is 5. The lowest BCUT2D eigenvalue weighted by Crippen LogP contribution is -2.45. The minimum Gasteiger partial charge on any atom is -0.394 e. The molecule has 0 rings (SSSR count). The zero-order chi connectivity index (χ0) is 32.2. The molecule has 4 heteroatoms. The van der Waals surface area contributed by atoms with Crippen LogP contribution in [-0.4, -0.2) is 34.9 Å². The highest BCUT2D eigenvalue weighted by Gasteiger charge is 2.17. The highest BCUT2D eigenvalue weighted by molar-refractivity contribution is 5.76. The van der Waals surface area contributed by atoms with Gasteiger partial charge in [-0.25, -0.2) is 0 Å². The van der Waals surface area contributed by atoms with Crippen LogP contribution in [0.1, 0.15) is 194 Å². The van der Waals surface area contributed by atoms with E-state index >= 15 is 0 Å². The second kappa shape index (κ2) is 36.1. The van der Waals surface area contributed by atoms with Gasteiger partial charge in [0.1, 0.15) is 0 Å². The lowest BCUT2D eigenvalue weighted by Gasteiger charge is -2.19. The van der Waals surface area contributed by atoms with Crippen molar-refractivity contribution in [1.29, 1.82) is 0 Å². The Morgan fingerprint density at radius 1 is 0.523 bits per heavy atom. The highest BCUT2D eigenvalue weighted by atomic mass is 16.3. The number of unbranched alkanes of at least 4 members (excludes halogenated alkanes) is 23. The van der Waals surface area contributed by atoms with E-state index in [1.165, 1.54) is 135 Å². The zero-order valence-corrected chi connectivity index (χ0v) is 29.4. The van der Waals surface area contributed by atoms with Gasteiger partial charge in [0.15, 0.2) is 0 Å². The van der Waals surface area contributed by atoms with Gasteiger partial charge in [-0.05, 0) is 44.9 Å². The number of rotatable bonds is 34. The zero-order valence-electron chi connectivity index (χ0n) is 29.4. The fraction of sp³-hybridized carbons (Fsp3) is 0.825. The SMILES string of the molecule is CCCCCCCCCC/C=C/CC/C=C/CC/C=C/C(O)C(CO)NC(=O)CCCCCCCCCCCCCCCC. The molecule has 2 atom stereocenters. The van der Waals surface area contributed by atoms with Crippen LogP contribution in [0.25, 0.3) is 0 Å². The van der Waals surface area contributed by atoms with Gasteiger partial charge in [-0.3, -0.25) is 4.79 Å². The summed E-state index contributed by atoms with van der Waals surface area (Å²) in [6, 6.07) is -0.640. The van der Waals surface area contributed by atoms with Crippen LogP contribution in [0.3, 0.4) is 0 Å². The lowest BCUT2D eigenvalue weighted by molar-refractivity contribution is -0.123. The molecule has 0 fully saturated rings. The monoisotopic (exact) mass is 618 g/mol. The van der Waals surface area contributed by atoms with Crippen molar-refractivity contribution in [2.45, 2.75) is 206 Å². The Hall–Kier alpha value is -1.39. The van der Waals surface area contributed by atoms with Crippen molar-refractivity contribution in [3.05, 3.63) is 36.5 Å². The summed E-state index contributed by atoms with van der Waals surface area (Å²) >= 11 is 0. The molecule has 44 heavy (non-hydrogen) atoms. The van der Waals surface area contributed by atoms with Gasteiger partial charge in [0, 0.05) is 6.42 Å². The predicted octanol–water partition coefficient (Wildman–Crippen LogP) is 11.5. The summed E-state index contributed by atoms with van der Waals surface area (Å²) in [7, 11) is 0.